The highest BCUT2D eigenvalue weighted by molar-refractivity contribution is 5.94. The molecule has 2 aromatic carbocycles. The van der Waals surface area contributed by atoms with Gasteiger partial charge in [-0.2, -0.15) is 0 Å². The number of carbonyl (C=O) groups is 1. The largest absolute Gasteiger partial charge is 0.508 e. The minimum atomic E-state index is -0.168. The predicted octanol–water partition coefficient (Wildman–Crippen LogP) is 2.59. The molecule has 0 bridgehead atoms. The number of hydrogen-bond donors (Lipinski definition) is 4. The van der Waals surface area contributed by atoms with E-state index in [1.54, 1.807) is 12.1 Å². The van der Waals surface area contributed by atoms with E-state index in [1.807, 2.05) is 13.0 Å². The van der Waals surface area contributed by atoms with Crippen LogP contribution in [0.1, 0.15) is 36.2 Å². The molecule has 0 saturated heterocycles. The normalized spacial score (nSPS) is 12.5. The Balaban J connectivity index is 1.71. The van der Waals surface area contributed by atoms with Gasteiger partial charge in [0.2, 0.25) is 0 Å². The summed E-state index contributed by atoms with van der Waals surface area (Å²) in [6.45, 7) is 7.70. The number of amides is 1. The van der Waals surface area contributed by atoms with Crippen LogP contribution < -0.4 is 16.0 Å². The number of carbonyl (C=O) groups excluding carboxylic acids is 1. The van der Waals surface area contributed by atoms with E-state index in [0.29, 0.717) is 24.7 Å². The minimum absolute atomic E-state index is 0.144. The molecule has 1 atom stereocenters. The Morgan fingerprint density at radius 3 is 2.39 bits per heavy atom. The first-order chi connectivity index (χ1) is 15.0. The highest BCUT2D eigenvalue weighted by Gasteiger charge is 2.09. The van der Waals surface area contributed by atoms with Gasteiger partial charge in [0.25, 0.3) is 5.91 Å². The van der Waals surface area contributed by atoms with E-state index in [1.165, 1.54) is 17.7 Å². The zero-order valence-electron chi connectivity index (χ0n) is 18.8. The summed E-state index contributed by atoms with van der Waals surface area (Å²) in [4.78, 5) is 19.1. The van der Waals surface area contributed by atoms with E-state index >= 15 is 0 Å². The molecule has 0 spiro atoms. The van der Waals surface area contributed by atoms with Crippen molar-refractivity contribution in [2.75, 3.05) is 33.2 Å². The lowest BCUT2D eigenvalue weighted by atomic mass is 10.1. The number of phenols is 1. The Hall–Kier alpha value is -3.06. The summed E-state index contributed by atoms with van der Waals surface area (Å²) in [5, 5.41) is 18.6. The van der Waals surface area contributed by atoms with Crippen molar-refractivity contribution in [2.24, 2.45) is 4.99 Å². The molecule has 0 heterocycles. The van der Waals surface area contributed by atoms with Gasteiger partial charge in [0, 0.05) is 44.3 Å². The highest BCUT2D eigenvalue weighted by Crippen LogP contribution is 2.09. The molecule has 1 amide bonds. The fraction of sp³-hybridized carbons (Fsp3) is 0.417. The van der Waals surface area contributed by atoms with Crippen LogP contribution in [0.2, 0.25) is 0 Å². The Labute approximate surface area is 185 Å². The van der Waals surface area contributed by atoms with E-state index in [0.717, 1.165) is 32.0 Å². The second kappa shape index (κ2) is 13.3. The van der Waals surface area contributed by atoms with Gasteiger partial charge in [-0.05, 0) is 57.1 Å². The molecule has 2 rings (SSSR count). The number of guanidine groups is 1. The number of aromatic hydroxyl groups is 1. The van der Waals surface area contributed by atoms with Crippen molar-refractivity contribution in [1.29, 1.82) is 0 Å². The van der Waals surface area contributed by atoms with Crippen molar-refractivity contribution in [2.45, 2.75) is 32.9 Å². The van der Waals surface area contributed by atoms with Gasteiger partial charge in [0.1, 0.15) is 5.75 Å². The summed E-state index contributed by atoms with van der Waals surface area (Å²) in [7, 11) is 2.14. The zero-order chi connectivity index (χ0) is 22.5. The number of aliphatic imine (C=N–C) groups is 1. The van der Waals surface area contributed by atoms with Crippen LogP contribution in [0, 0.1) is 0 Å². The summed E-state index contributed by atoms with van der Waals surface area (Å²) in [5.74, 6) is 0.726. The number of nitrogens with zero attached hydrogens (tertiary/aromatic N) is 2. The number of rotatable bonds is 11. The van der Waals surface area contributed by atoms with Gasteiger partial charge in [-0.15, -0.1) is 0 Å². The van der Waals surface area contributed by atoms with Crippen LogP contribution in [0.3, 0.4) is 0 Å². The minimum Gasteiger partial charge on any atom is -0.508 e. The van der Waals surface area contributed by atoms with E-state index < -0.39 is 0 Å². The average molecular weight is 426 g/mol. The molecule has 7 heteroatoms. The average Bonchev–Trinajstić information content (AvgIpc) is 2.77. The molecule has 31 heavy (non-hydrogen) atoms. The van der Waals surface area contributed by atoms with Crippen molar-refractivity contribution in [1.82, 2.24) is 20.9 Å². The van der Waals surface area contributed by atoms with Crippen LogP contribution in [-0.2, 0) is 6.54 Å². The molecule has 0 aromatic heterocycles. The standard InChI is InChI=1S/C24H35N5O2/c1-4-25-24(28-17-16-26-23(31)21-10-12-22(30)13-11-21)27-15-14-19(2)29(3)18-20-8-6-5-7-9-20/h5-13,19,30H,4,14-18H2,1-3H3,(H,26,31)(H2,25,27,28). The maximum absolute atomic E-state index is 12.1. The smallest absolute Gasteiger partial charge is 0.251 e. The third-order valence-corrected chi connectivity index (χ3v) is 5.02. The Morgan fingerprint density at radius 1 is 1.03 bits per heavy atom. The molecule has 1 unspecified atom stereocenters. The summed E-state index contributed by atoms with van der Waals surface area (Å²) >= 11 is 0. The third-order valence-electron chi connectivity index (χ3n) is 5.02. The monoisotopic (exact) mass is 425 g/mol. The van der Waals surface area contributed by atoms with E-state index in [-0.39, 0.29) is 11.7 Å². The molecule has 2 aromatic rings. The SMILES string of the molecule is CCNC(=NCCC(C)N(C)Cc1ccccc1)NCCNC(=O)c1ccc(O)cc1. The zero-order valence-corrected chi connectivity index (χ0v) is 18.8. The number of phenolic OH excluding ortho intramolecular Hbond substituents is 1. The Morgan fingerprint density at radius 2 is 1.71 bits per heavy atom. The predicted molar refractivity (Wildman–Crippen MR) is 126 cm³/mol. The van der Waals surface area contributed by atoms with Gasteiger partial charge in [-0.1, -0.05) is 30.3 Å². The maximum Gasteiger partial charge on any atom is 0.251 e. The van der Waals surface area contributed by atoms with Gasteiger partial charge >= 0.3 is 0 Å². The quantitative estimate of drug-likeness (QED) is 0.252. The number of benzene rings is 2. The summed E-state index contributed by atoms with van der Waals surface area (Å²) < 4.78 is 0. The Bertz CT molecular complexity index is 808. The molecule has 4 N–H and O–H groups in total. The summed E-state index contributed by atoms with van der Waals surface area (Å²) in [6, 6.07) is 17.1. The molecular formula is C24H35N5O2. The van der Waals surface area contributed by atoms with Crippen LogP contribution in [0.15, 0.2) is 59.6 Å². The lowest BCUT2D eigenvalue weighted by Crippen LogP contribution is -2.41. The molecule has 168 valence electrons. The fourth-order valence-corrected chi connectivity index (χ4v) is 3.02. The molecule has 0 aliphatic rings. The molecule has 7 nitrogen and oxygen atoms in total. The third kappa shape index (κ3) is 9.09. The second-order valence-corrected chi connectivity index (χ2v) is 7.53. The molecule has 0 radical (unpaired) electrons. The van der Waals surface area contributed by atoms with Crippen LogP contribution in [0.5, 0.6) is 5.75 Å². The lowest BCUT2D eigenvalue weighted by Gasteiger charge is -2.24. The van der Waals surface area contributed by atoms with E-state index in [4.69, 9.17) is 0 Å². The first kappa shape index (κ1) is 24.2. The van der Waals surface area contributed by atoms with Crippen molar-refractivity contribution >= 4 is 11.9 Å². The molecule has 0 saturated carbocycles. The second-order valence-electron chi connectivity index (χ2n) is 7.53. The van der Waals surface area contributed by atoms with Crippen LogP contribution >= 0.6 is 0 Å². The highest BCUT2D eigenvalue weighted by atomic mass is 16.3. The van der Waals surface area contributed by atoms with Crippen LogP contribution in [-0.4, -0.2) is 61.1 Å². The van der Waals surface area contributed by atoms with Crippen LogP contribution in [0.4, 0.5) is 0 Å². The number of nitrogens with one attached hydrogen (secondary N) is 3. The van der Waals surface area contributed by atoms with Crippen molar-refractivity contribution in [3.05, 3.63) is 65.7 Å². The summed E-state index contributed by atoms with van der Waals surface area (Å²) in [6.07, 6.45) is 0.956. The topological polar surface area (TPSA) is 89.0 Å². The van der Waals surface area contributed by atoms with Crippen LogP contribution in [0.25, 0.3) is 0 Å². The van der Waals surface area contributed by atoms with Gasteiger partial charge in [0.15, 0.2) is 5.96 Å². The molecule has 0 aliphatic carbocycles. The lowest BCUT2D eigenvalue weighted by molar-refractivity contribution is 0.0954. The summed E-state index contributed by atoms with van der Waals surface area (Å²) in [5.41, 5.74) is 1.83. The van der Waals surface area contributed by atoms with Gasteiger partial charge in [-0.3, -0.25) is 14.7 Å². The first-order valence-electron chi connectivity index (χ1n) is 10.8. The van der Waals surface area contributed by atoms with E-state index in [9.17, 15) is 9.90 Å². The van der Waals surface area contributed by atoms with Gasteiger partial charge < -0.3 is 21.1 Å². The maximum atomic E-state index is 12.1. The molecule has 0 fully saturated rings. The van der Waals surface area contributed by atoms with Crippen molar-refractivity contribution in [3.63, 3.8) is 0 Å². The Kier molecular flexibility index (Phi) is 10.4. The van der Waals surface area contributed by atoms with Gasteiger partial charge in [-0.25, -0.2) is 0 Å². The van der Waals surface area contributed by atoms with E-state index in [2.05, 4.69) is 64.1 Å². The van der Waals surface area contributed by atoms with Gasteiger partial charge in [0.05, 0.1) is 0 Å². The molecule has 0 aliphatic heterocycles. The first-order valence-corrected chi connectivity index (χ1v) is 10.8. The van der Waals surface area contributed by atoms with Crippen molar-refractivity contribution < 1.29 is 9.90 Å². The molecular weight excluding hydrogens is 390 g/mol. The fourth-order valence-electron chi connectivity index (χ4n) is 3.02. The number of hydrogen-bond acceptors (Lipinski definition) is 4. The van der Waals surface area contributed by atoms with Crippen molar-refractivity contribution in [3.8, 4) is 5.75 Å².